The first-order valence-electron chi connectivity index (χ1n) is 18.4. The van der Waals surface area contributed by atoms with Crippen molar-refractivity contribution in [2.24, 2.45) is 0 Å². The number of fused-ring (bicyclic) bond motifs is 7. The maximum atomic E-state index is 5.47. The van der Waals surface area contributed by atoms with E-state index in [4.69, 9.17) is 15.0 Å². The summed E-state index contributed by atoms with van der Waals surface area (Å²) < 4.78 is 0. The molecule has 3 heteroatoms. The molecule has 0 spiro atoms. The molecule has 2 aromatic heterocycles. The van der Waals surface area contributed by atoms with Crippen molar-refractivity contribution in [2.75, 3.05) is 0 Å². The molecule has 3 nitrogen and oxygen atoms in total. The lowest BCUT2D eigenvalue weighted by atomic mass is 9.71. The van der Waals surface area contributed by atoms with E-state index < -0.39 is 0 Å². The Labute approximate surface area is 304 Å². The number of aromatic nitrogens is 3. The molecule has 2 heterocycles. The molecule has 10 rings (SSSR count). The van der Waals surface area contributed by atoms with E-state index in [0.29, 0.717) is 5.92 Å². The molecule has 2 aliphatic rings. The van der Waals surface area contributed by atoms with Crippen LogP contribution in [-0.2, 0) is 0 Å². The molecule has 8 aromatic rings. The van der Waals surface area contributed by atoms with Gasteiger partial charge in [0.05, 0.1) is 17.1 Å². The molecule has 0 bridgehead atoms. The molecule has 0 amide bonds. The van der Waals surface area contributed by atoms with Crippen LogP contribution in [0, 0.1) is 0 Å². The van der Waals surface area contributed by atoms with Gasteiger partial charge in [0.2, 0.25) is 0 Å². The van der Waals surface area contributed by atoms with Gasteiger partial charge in [0.15, 0.2) is 5.82 Å². The van der Waals surface area contributed by atoms with Gasteiger partial charge in [-0.25, -0.2) is 9.97 Å². The number of benzene rings is 6. The molecule has 0 aliphatic heterocycles. The van der Waals surface area contributed by atoms with Crippen molar-refractivity contribution in [3.05, 3.63) is 180 Å². The molecule has 0 radical (unpaired) electrons. The van der Waals surface area contributed by atoms with Crippen LogP contribution in [0.5, 0.6) is 0 Å². The monoisotopic (exact) mass is 667 g/mol. The van der Waals surface area contributed by atoms with E-state index >= 15 is 0 Å². The first-order valence-corrected chi connectivity index (χ1v) is 18.4. The van der Waals surface area contributed by atoms with Crippen LogP contribution in [-0.4, -0.2) is 15.0 Å². The highest BCUT2D eigenvalue weighted by Crippen LogP contribution is 2.50. The minimum absolute atomic E-state index is 0.0662. The van der Waals surface area contributed by atoms with Crippen molar-refractivity contribution >= 4 is 27.6 Å². The summed E-state index contributed by atoms with van der Waals surface area (Å²) in [6.07, 6.45) is 7.57. The number of allylic oxidation sites excluding steroid dienone is 1. The lowest BCUT2D eigenvalue weighted by Gasteiger charge is -2.33. The summed E-state index contributed by atoms with van der Waals surface area (Å²) in [6, 6.07) is 50.3. The Morgan fingerprint density at radius 2 is 1.25 bits per heavy atom. The molecule has 3 atom stereocenters. The standard InChI is InChI=1S/C49H37N3/c1-30-12-11-21-42-43(28-35-14-4-5-16-37(35)46(30)42)44-29-45(47-31(2)36-15-7-8-18-39(36)40-19-9-10-20-41(40)47)52-49(51-44)34-24-22-33(23-25-34)48-38-17-6-3-13-32(38)26-27-50-48/h3-11,13-31,47H,12H2,1-2H3. The highest BCUT2D eigenvalue weighted by atomic mass is 14.9. The highest BCUT2D eigenvalue weighted by Gasteiger charge is 2.34. The van der Waals surface area contributed by atoms with E-state index in [-0.39, 0.29) is 11.8 Å². The Morgan fingerprint density at radius 3 is 2.08 bits per heavy atom. The first kappa shape index (κ1) is 30.6. The fourth-order valence-electron chi connectivity index (χ4n) is 8.86. The van der Waals surface area contributed by atoms with Crippen LogP contribution in [0.1, 0.15) is 66.0 Å². The summed E-state index contributed by atoms with van der Waals surface area (Å²) in [5.74, 6) is 1.45. The molecule has 6 aromatic carbocycles. The van der Waals surface area contributed by atoms with E-state index in [0.717, 1.165) is 51.4 Å². The van der Waals surface area contributed by atoms with Gasteiger partial charge in [-0.2, -0.15) is 0 Å². The fraction of sp³-hybridized carbons (Fsp3) is 0.122. The Balaban J connectivity index is 1.19. The second-order valence-corrected chi connectivity index (χ2v) is 14.4. The van der Waals surface area contributed by atoms with Crippen LogP contribution < -0.4 is 0 Å². The number of pyridine rings is 1. The summed E-state index contributed by atoms with van der Waals surface area (Å²) in [6.45, 7) is 4.70. The second-order valence-electron chi connectivity index (χ2n) is 14.4. The third-order valence-corrected chi connectivity index (χ3v) is 11.4. The van der Waals surface area contributed by atoms with E-state index in [1.165, 1.54) is 49.5 Å². The average molecular weight is 668 g/mol. The summed E-state index contributed by atoms with van der Waals surface area (Å²) in [7, 11) is 0. The van der Waals surface area contributed by atoms with Gasteiger partial charge < -0.3 is 0 Å². The summed E-state index contributed by atoms with van der Waals surface area (Å²) in [4.78, 5) is 15.7. The SMILES string of the molecule is CC1CC=Cc2c(-c3cc(C4c5ccccc5-c5ccccc5C4C)nc(-c4ccc(-c5nccc6ccccc56)cc4)n3)cc3ccccc3c21. The molecule has 52 heavy (non-hydrogen) atoms. The quantitative estimate of drug-likeness (QED) is 0.187. The van der Waals surface area contributed by atoms with Crippen molar-refractivity contribution in [3.63, 3.8) is 0 Å². The molecule has 0 fully saturated rings. The number of nitrogens with zero attached hydrogens (tertiary/aromatic N) is 3. The molecule has 0 saturated carbocycles. The van der Waals surface area contributed by atoms with Gasteiger partial charge in [-0.1, -0.05) is 147 Å². The normalized spacial score (nSPS) is 17.5. The molecule has 0 saturated heterocycles. The smallest absolute Gasteiger partial charge is 0.160 e. The number of hydrogen-bond donors (Lipinski definition) is 0. The van der Waals surface area contributed by atoms with Crippen molar-refractivity contribution in [1.82, 2.24) is 15.0 Å². The van der Waals surface area contributed by atoms with Gasteiger partial charge in [0.25, 0.3) is 0 Å². The van der Waals surface area contributed by atoms with Crippen LogP contribution in [0.3, 0.4) is 0 Å². The fourth-order valence-corrected chi connectivity index (χ4v) is 8.86. The van der Waals surface area contributed by atoms with E-state index in [9.17, 15) is 0 Å². The van der Waals surface area contributed by atoms with Gasteiger partial charge in [-0.15, -0.1) is 0 Å². The van der Waals surface area contributed by atoms with E-state index in [2.05, 4.69) is 166 Å². The minimum atomic E-state index is 0.0662. The molecule has 2 aliphatic carbocycles. The van der Waals surface area contributed by atoms with Gasteiger partial charge in [-0.05, 0) is 86.0 Å². The highest BCUT2D eigenvalue weighted by molar-refractivity contribution is 5.97. The Kier molecular flexibility index (Phi) is 7.21. The maximum absolute atomic E-state index is 5.47. The van der Waals surface area contributed by atoms with Gasteiger partial charge in [0.1, 0.15) is 0 Å². The van der Waals surface area contributed by atoms with Crippen molar-refractivity contribution < 1.29 is 0 Å². The Morgan fingerprint density at radius 1 is 0.577 bits per heavy atom. The lowest BCUT2D eigenvalue weighted by Crippen LogP contribution is -2.18. The van der Waals surface area contributed by atoms with Crippen LogP contribution >= 0.6 is 0 Å². The molecular weight excluding hydrogens is 631 g/mol. The van der Waals surface area contributed by atoms with Crippen LogP contribution in [0.2, 0.25) is 0 Å². The predicted molar refractivity (Wildman–Crippen MR) is 215 cm³/mol. The molecular formula is C49H37N3. The Bertz CT molecular complexity index is 2700. The summed E-state index contributed by atoms with van der Waals surface area (Å²) in [5.41, 5.74) is 14.2. The zero-order chi connectivity index (χ0) is 34.8. The second kappa shape index (κ2) is 12.2. The average Bonchev–Trinajstić information content (AvgIpc) is 3.20. The summed E-state index contributed by atoms with van der Waals surface area (Å²) >= 11 is 0. The predicted octanol–water partition coefficient (Wildman–Crippen LogP) is 12.6. The van der Waals surface area contributed by atoms with Crippen LogP contribution in [0.15, 0.2) is 152 Å². The van der Waals surface area contributed by atoms with Crippen LogP contribution in [0.25, 0.3) is 72.7 Å². The molecule has 248 valence electrons. The van der Waals surface area contributed by atoms with Crippen molar-refractivity contribution in [3.8, 4) is 45.0 Å². The largest absolute Gasteiger partial charge is 0.256 e. The zero-order valence-electron chi connectivity index (χ0n) is 29.3. The number of hydrogen-bond acceptors (Lipinski definition) is 3. The van der Waals surface area contributed by atoms with Gasteiger partial charge >= 0.3 is 0 Å². The molecule has 3 unspecified atom stereocenters. The van der Waals surface area contributed by atoms with Crippen molar-refractivity contribution in [1.29, 1.82) is 0 Å². The Hall–Kier alpha value is -6.19. The third kappa shape index (κ3) is 4.92. The minimum Gasteiger partial charge on any atom is -0.256 e. The van der Waals surface area contributed by atoms with Crippen LogP contribution in [0.4, 0.5) is 0 Å². The van der Waals surface area contributed by atoms with E-state index in [1.54, 1.807) is 0 Å². The van der Waals surface area contributed by atoms with E-state index in [1.807, 2.05) is 6.20 Å². The number of rotatable bonds is 4. The summed E-state index contributed by atoms with van der Waals surface area (Å²) in [5, 5.41) is 4.91. The van der Waals surface area contributed by atoms with Crippen molar-refractivity contribution in [2.45, 2.75) is 38.0 Å². The van der Waals surface area contributed by atoms with Gasteiger partial charge in [-0.3, -0.25) is 4.98 Å². The topological polar surface area (TPSA) is 38.7 Å². The molecule has 0 N–H and O–H groups in total. The third-order valence-electron chi connectivity index (χ3n) is 11.4. The first-order chi connectivity index (χ1) is 25.6. The van der Waals surface area contributed by atoms with Gasteiger partial charge in [0, 0.05) is 34.2 Å². The lowest BCUT2D eigenvalue weighted by molar-refractivity contribution is 0.633. The zero-order valence-corrected chi connectivity index (χ0v) is 29.3. The maximum Gasteiger partial charge on any atom is 0.160 e.